The van der Waals surface area contributed by atoms with Crippen molar-refractivity contribution in [1.82, 2.24) is 15.2 Å². The van der Waals surface area contributed by atoms with Crippen LogP contribution < -0.4 is 14.8 Å². The quantitative estimate of drug-likeness (QED) is 0.305. The average molecular weight is 471 g/mol. The molecule has 3 aromatic carbocycles. The number of anilines is 1. The minimum atomic E-state index is -0.970. The van der Waals surface area contributed by atoms with E-state index in [1.165, 1.54) is 17.3 Å². The van der Waals surface area contributed by atoms with Crippen LogP contribution in [0.5, 0.6) is 11.6 Å². The Morgan fingerprint density at radius 2 is 1.79 bits per heavy atom. The normalized spacial score (nSPS) is 14.1. The van der Waals surface area contributed by atoms with Crippen LogP contribution in [0.2, 0.25) is 0 Å². The average Bonchev–Trinajstić information content (AvgIpc) is 3.04. The second-order valence-electron chi connectivity index (χ2n) is 7.80. The summed E-state index contributed by atoms with van der Waals surface area (Å²) in [4.78, 5) is 17.9. The van der Waals surface area contributed by atoms with Gasteiger partial charge in [-0.1, -0.05) is 59.8 Å². The molecule has 1 atom stereocenters. The number of para-hydroxylation sites is 1. The summed E-state index contributed by atoms with van der Waals surface area (Å²) in [6, 6.07) is 22.8. The number of nitrogens with zero attached hydrogens (tertiary/aromatic N) is 3. The number of rotatable bonds is 6. The van der Waals surface area contributed by atoms with Crippen molar-refractivity contribution in [1.29, 1.82) is 0 Å². The summed E-state index contributed by atoms with van der Waals surface area (Å²) in [5, 5.41) is 12.4. The molecule has 0 spiro atoms. The first kappa shape index (κ1) is 21.9. The van der Waals surface area contributed by atoms with Crippen molar-refractivity contribution >= 4 is 23.2 Å². The summed E-state index contributed by atoms with van der Waals surface area (Å²) < 4.78 is 11.3. The standard InChI is InChI=1S/C26H22N4O3S/c1-16-7-9-17(10-8-16)15-34-26-28-24-22(29-30-26)20-5-3-4-6-21(20)27-25(33-24)23(31)18-11-13-19(32-2)14-12-18/h3-14,25,27H,15H2,1-2H3/t25-/m0/s1. The molecule has 1 N–H and O–H groups in total. The van der Waals surface area contributed by atoms with Crippen LogP contribution in [-0.2, 0) is 5.75 Å². The van der Waals surface area contributed by atoms with E-state index >= 15 is 0 Å². The first-order valence-corrected chi connectivity index (χ1v) is 11.7. The van der Waals surface area contributed by atoms with Crippen molar-refractivity contribution in [2.24, 2.45) is 0 Å². The molecule has 0 bridgehead atoms. The molecule has 1 aliphatic rings. The van der Waals surface area contributed by atoms with Gasteiger partial charge in [0, 0.05) is 22.6 Å². The Hall–Kier alpha value is -3.91. The summed E-state index contributed by atoms with van der Waals surface area (Å²) in [5.74, 6) is 1.42. The molecular formula is C26H22N4O3S. The van der Waals surface area contributed by atoms with E-state index in [9.17, 15) is 4.79 Å². The van der Waals surface area contributed by atoms with E-state index in [-0.39, 0.29) is 11.7 Å². The molecule has 0 saturated carbocycles. The zero-order valence-electron chi connectivity index (χ0n) is 18.7. The molecule has 0 amide bonds. The van der Waals surface area contributed by atoms with Crippen LogP contribution in [-0.4, -0.2) is 34.3 Å². The van der Waals surface area contributed by atoms with Gasteiger partial charge in [0.2, 0.25) is 23.0 Å². The fourth-order valence-electron chi connectivity index (χ4n) is 3.57. The highest BCUT2D eigenvalue weighted by Crippen LogP contribution is 2.37. The number of methoxy groups -OCH3 is 1. The molecule has 170 valence electrons. The molecule has 0 saturated heterocycles. The van der Waals surface area contributed by atoms with Gasteiger partial charge in [0.1, 0.15) is 5.75 Å². The van der Waals surface area contributed by atoms with Crippen molar-refractivity contribution < 1.29 is 14.3 Å². The largest absolute Gasteiger partial charge is 0.497 e. The summed E-state index contributed by atoms with van der Waals surface area (Å²) in [7, 11) is 1.59. The second-order valence-corrected chi connectivity index (χ2v) is 8.75. The van der Waals surface area contributed by atoms with Gasteiger partial charge in [0.25, 0.3) is 0 Å². The fraction of sp³-hybridized carbons (Fsp3) is 0.154. The monoisotopic (exact) mass is 470 g/mol. The third-order valence-electron chi connectivity index (χ3n) is 5.43. The number of ether oxygens (including phenoxy) is 2. The van der Waals surface area contributed by atoms with Crippen molar-refractivity contribution in [2.45, 2.75) is 24.1 Å². The van der Waals surface area contributed by atoms with Crippen LogP contribution in [0.3, 0.4) is 0 Å². The van der Waals surface area contributed by atoms with Crippen molar-refractivity contribution in [3.8, 4) is 22.9 Å². The number of nitrogens with one attached hydrogen (secondary N) is 1. The van der Waals surface area contributed by atoms with Gasteiger partial charge >= 0.3 is 0 Å². The lowest BCUT2D eigenvalue weighted by Crippen LogP contribution is -2.35. The molecule has 4 aromatic rings. The Labute approximate surface area is 201 Å². The first-order valence-electron chi connectivity index (χ1n) is 10.7. The van der Waals surface area contributed by atoms with Crippen molar-refractivity contribution in [3.63, 3.8) is 0 Å². The number of benzene rings is 3. The minimum absolute atomic E-state index is 0.224. The van der Waals surface area contributed by atoms with Crippen molar-refractivity contribution in [2.75, 3.05) is 12.4 Å². The van der Waals surface area contributed by atoms with E-state index in [1.54, 1.807) is 31.4 Å². The summed E-state index contributed by atoms with van der Waals surface area (Å²) in [5.41, 5.74) is 4.86. The third kappa shape index (κ3) is 4.58. The van der Waals surface area contributed by atoms with E-state index in [2.05, 4.69) is 51.7 Å². The van der Waals surface area contributed by atoms with Crippen LogP contribution in [0.4, 0.5) is 5.69 Å². The number of hydrogen-bond donors (Lipinski definition) is 1. The number of Topliss-reactive ketones (excluding diaryl/α,β-unsaturated/α-hetero) is 1. The molecule has 0 radical (unpaired) electrons. The second kappa shape index (κ2) is 9.52. The zero-order valence-corrected chi connectivity index (χ0v) is 19.5. The lowest BCUT2D eigenvalue weighted by molar-refractivity contribution is 0.0823. The highest BCUT2D eigenvalue weighted by Gasteiger charge is 2.30. The maximum Gasteiger partial charge on any atom is 0.247 e. The van der Waals surface area contributed by atoms with E-state index in [1.807, 2.05) is 24.3 Å². The molecule has 2 heterocycles. The van der Waals surface area contributed by atoms with Crippen LogP contribution >= 0.6 is 11.8 Å². The van der Waals surface area contributed by atoms with Crippen LogP contribution in [0.15, 0.2) is 78.0 Å². The third-order valence-corrected chi connectivity index (χ3v) is 6.34. The van der Waals surface area contributed by atoms with Gasteiger partial charge in [-0.3, -0.25) is 4.79 Å². The smallest absolute Gasteiger partial charge is 0.247 e. The van der Waals surface area contributed by atoms with Crippen LogP contribution in [0.25, 0.3) is 11.3 Å². The number of aryl methyl sites for hydroxylation is 1. The topological polar surface area (TPSA) is 86.2 Å². The van der Waals surface area contributed by atoms with Crippen LogP contribution in [0.1, 0.15) is 21.5 Å². The molecule has 1 aromatic heterocycles. The van der Waals surface area contributed by atoms with E-state index in [4.69, 9.17) is 9.47 Å². The molecule has 7 nitrogen and oxygen atoms in total. The highest BCUT2D eigenvalue weighted by molar-refractivity contribution is 7.98. The highest BCUT2D eigenvalue weighted by atomic mass is 32.2. The Morgan fingerprint density at radius 3 is 2.56 bits per heavy atom. The molecule has 5 rings (SSSR count). The number of carbonyl (C=O) groups excluding carboxylic acids is 1. The maximum absolute atomic E-state index is 13.3. The van der Waals surface area contributed by atoms with Gasteiger partial charge in [-0.25, -0.2) is 0 Å². The van der Waals surface area contributed by atoms with Gasteiger partial charge < -0.3 is 14.8 Å². The molecule has 34 heavy (non-hydrogen) atoms. The van der Waals surface area contributed by atoms with Crippen LogP contribution in [0, 0.1) is 6.92 Å². The van der Waals surface area contributed by atoms with Gasteiger partial charge in [-0.15, -0.1) is 10.2 Å². The number of ketones is 1. The molecule has 1 aliphatic heterocycles. The lowest BCUT2D eigenvalue weighted by Gasteiger charge is -2.18. The van der Waals surface area contributed by atoms with Gasteiger partial charge in [-0.05, 0) is 42.8 Å². The number of thioether (sulfide) groups is 1. The molecule has 8 heteroatoms. The van der Waals surface area contributed by atoms with E-state index in [0.29, 0.717) is 27.9 Å². The lowest BCUT2D eigenvalue weighted by atomic mass is 10.1. The van der Waals surface area contributed by atoms with E-state index < -0.39 is 6.23 Å². The molecule has 0 fully saturated rings. The number of hydrogen-bond acceptors (Lipinski definition) is 8. The van der Waals surface area contributed by atoms with Crippen molar-refractivity contribution in [3.05, 3.63) is 89.5 Å². The number of carbonyl (C=O) groups is 1. The predicted octanol–water partition coefficient (Wildman–Crippen LogP) is 5.16. The molecule has 0 aliphatic carbocycles. The van der Waals surface area contributed by atoms with Gasteiger partial charge in [-0.2, -0.15) is 4.98 Å². The maximum atomic E-state index is 13.3. The summed E-state index contributed by atoms with van der Waals surface area (Å²) >= 11 is 1.47. The molecule has 0 unspecified atom stereocenters. The molecular weight excluding hydrogens is 448 g/mol. The van der Waals surface area contributed by atoms with Gasteiger partial charge in [0.05, 0.1) is 7.11 Å². The Bertz CT molecular complexity index is 1330. The summed E-state index contributed by atoms with van der Waals surface area (Å²) in [6.07, 6.45) is -0.970. The SMILES string of the molecule is COc1ccc(C(=O)[C@H]2Nc3ccccc3-c3nnc(SCc4ccc(C)cc4)nc3O2)cc1. The van der Waals surface area contributed by atoms with E-state index in [0.717, 1.165) is 16.8 Å². The van der Waals surface area contributed by atoms with Gasteiger partial charge in [0.15, 0.2) is 5.69 Å². The Morgan fingerprint density at radius 1 is 1.03 bits per heavy atom. The fourth-order valence-corrected chi connectivity index (χ4v) is 4.30. The Kier molecular flexibility index (Phi) is 6.14. The predicted molar refractivity (Wildman–Crippen MR) is 131 cm³/mol. The minimum Gasteiger partial charge on any atom is -0.497 e. The number of aromatic nitrogens is 3. The Balaban J connectivity index is 1.45. The number of fused-ring (bicyclic) bond motifs is 3. The summed E-state index contributed by atoms with van der Waals surface area (Å²) in [6.45, 7) is 2.06. The zero-order chi connectivity index (χ0) is 23.5. The first-order chi connectivity index (χ1) is 16.6.